The topological polar surface area (TPSA) is 3.24 Å². The molecule has 0 aromatic rings. The molecule has 2 heteroatoms. The fourth-order valence-corrected chi connectivity index (χ4v) is 2.71. The fraction of sp³-hybridized carbons (Fsp3) is 0.636. The highest BCUT2D eigenvalue weighted by molar-refractivity contribution is 8.05. The smallest absolute Gasteiger partial charge is 0.0293 e. The normalized spacial score (nSPS) is 24.5. The zero-order valence-corrected chi connectivity index (χ0v) is 8.85. The van der Waals surface area contributed by atoms with Gasteiger partial charge in [0.2, 0.25) is 0 Å². The molecule has 0 unspecified atom stereocenters. The molecule has 0 spiro atoms. The van der Waals surface area contributed by atoms with Crippen LogP contribution in [0.1, 0.15) is 25.7 Å². The molecule has 72 valence electrons. The largest absolute Gasteiger partial charge is 0.299 e. The van der Waals surface area contributed by atoms with E-state index in [9.17, 15) is 0 Å². The number of thioether (sulfide) groups is 1. The summed E-state index contributed by atoms with van der Waals surface area (Å²) in [6.45, 7) is 3.80. The monoisotopic (exact) mass is 195 g/mol. The first-order valence-electron chi connectivity index (χ1n) is 5.18. The Labute approximate surface area is 84.9 Å². The van der Waals surface area contributed by atoms with E-state index in [1.54, 1.807) is 4.91 Å². The van der Waals surface area contributed by atoms with Crippen molar-refractivity contribution in [2.75, 3.05) is 19.6 Å². The number of likely N-dealkylation sites (tertiary alicyclic amines) is 1. The lowest BCUT2D eigenvalue weighted by Crippen LogP contribution is -2.31. The van der Waals surface area contributed by atoms with Crippen LogP contribution in [0.3, 0.4) is 0 Å². The lowest BCUT2D eigenvalue weighted by Gasteiger charge is -2.27. The van der Waals surface area contributed by atoms with E-state index in [-0.39, 0.29) is 0 Å². The third kappa shape index (κ3) is 2.89. The highest BCUT2D eigenvalue weighted by atomic mass is 32.2. The average Bonchev–Trinajstić information content (AvgIpc) is 2.21. The van der Waals surface area contributed by atoms with Crippen molar-refractivity contribution in [3.63, 3.8) is 0 Å². The minimum absolute atomic E-state index is 1.14. The van der Waals surface area contributed by atoms with Crippen molar-refractivity contribution in [1.29, 1.82) is 0 Å². The van der Waals surface area contributed by atoms with Gasteiger partial charge >= 0.3 is 0 Å². The molecule has 13 heavy (non-hydrogen) atoms. The number of rotatable bonds is 2. The molecule has 1 fully saturated rings. The van der Waals surface area contributed by atoms with E-state index >= 15 is 0 Å². The summed E-state index contributed by atoms with van der Waals surface area (Å²) < 4.78 is 0. The maximum Gasteiger partial charge on any atom is 0.0293 e. The lowest BCUT2D eigenvalue weighted by atomic mass is 10.1. The highest BCUT2D eigenvalue weighted by Crippen LogP contribution is 2.24. The Kier molecular flexibility index (Phi) is 3.50. The van der Waals surface area contributed by atoms with Gasteiger partial charge in [-0.1, -0.05) is 18.6 Å². The molecule has 2 aliphatic rings. The molecule has 0 aromatic carbocycles. The van der Waals surface area contributed by atoms with Crippen LogP contribution in [0.25, 0.3) is 0 Å². The standard InChI is InChI=1S/C11H17NS/c1-3-7-12(8-4-1)10-11-6-2-5-9-13-11/h5-6,9H,1-4,7-8,10H2. The first-order chi connectivity index (χ1) is 6.45. The van der Waals surface area contributed by atoms with Crippen molar-refractivity contribution in [1.82, 2.24) is 4.90 Å². The molecule has 0 saturated carbocycles. The first kappa shape index (κ1) is 9.35. The molecular formula is C11H17NS. The molecule has 0 bridgehead atoms. The van der Waals surface area contributed by atoms with Crippen LogP contribution < -0.4 is 0 Å². The van der Waals surface area contributed by atoms with E-state index in [1.807, 2.05) is 11.8 Å². The van der Waals surface area contributed by atoms with Crippen molar-refractivity contribution in [3.8, 4) is 0 Å². The van der Waals surface area contributed by atoms with Gasteiger partial charge in [0.15, 0.2) is 0 Å². The molecule has 0 atom stereocenters. The van der Waals surface area contributed by atoms with Crippen LogP contribution in [-0.2, 0) is 0 Å². The second kappa shape index (κ2) is 4.87. The van der Waals surface area contributed by atoms with Crippen LogP contribution in [-0.4, -0.2) is 24.5 Å². The molecule has 0 radical (unpaired) electrons. The summed E-state index contributed by atoms with van der Waals surface area (Å²) in [5.74, 6) is 0. The third-order valence-electron chi connectivity index (χ3n) is 2.63. The van der Waals surface area contributed by atoms with Crippen LogP contribution in [0.2, 0.25) is 0 Å². The molecule has 2 aliphatic heterocycles. The van der Waals surface area contributed by atoms with Gasteiger partial charge < -0.3 is 0 Å². The summed E-state index contributed by atoms with van der Waals surface area (Å²) in [6, 6.07) is 0. The fourth-order valence-electron chi connectivity index (χ4n) is 1.88. The summed E-state index contributed by atoms with van der Waals surface area (Å²) in [7, 11) is 0. The minimum Gasteiger partial charge on any atom is -0.299 e. The predicted octanol–water partition coefficient (Wildman–Crippen LogP) is 3.01. The number of piperidine rings is 1. The van der Waals surface area contributed by atoms with E-state index in [0.717, 1.165) is 6.42 Å². The maximum atomic E-state index is 2.58. The molecule has 1 nitrogen and oxygen atoms in total. The van der Waals surface area contributed by atoms with Gasteiger partial charge in [-0.25, -0.2) is 0 Å². The number of hydrogen-bond donors (Lipinski definition) is 0. The average molecular weight is 195 g/mol. The zero-order valence-electron chi connectivity index (χ0n) is 8.04. The van der Waals surface area contributed by atoms with Gasteiger partial charge in [-0.2, -0.15) is 0 Å². The molecule has 2 heterocycles. The summed E-state index contributed by atoms with van der Waals surface area (Å²) in [4.78, 5) is 4.13. The predicted molar refractivity (Wildman–Crippen MR) is 59.7 cm³/mol. The third-order valence-corrected chi connectivity index (χ3v) is 3.55. The summed E-state index contributed by atoms with van der Waals surface area (Å²) in [6.07, 6.45) is 9.95. The molecule has 0 N–H and O–H groups in total. The Morgan fingerprint density at radius 1 is 1.23 bits per heavy atom. The van der Waals surface area contributed by atoms with Gasteiger partial charge in [-0.05, 0) is 42.7 Å². The first-order valence-corrected chi connectivity index (χ1v) is 6.06. The van der Waals surface area contributed by atoms with Crippen molar-refractivity contribution < 1.29 is 0 Å². The molecule has 1 saturated heterocycles. The maximum absolute atomic E-state index is 2.58. The van der Waals surface area contributed by atoms with Crippen molar-refractivity contribution in [3.05, 3.63) is 22.5 Å². The molecule has 0 aliphatic carbocycles. The van der Waals surface area contributed by atoms with Gasteiger partial charge in [-0.3, -0.25) is 4.90 Å². The van der Waals surface area contributed by atoms with E-state index in [0.29, 0.717) is 0 Å². The van der Waals surface area contributed by atoms with Crippen LogP contribution in [0, 0.1) is 0 Å². The number of hydrogen-bond acceptors (Lipinski definition) is 2. The Morgan fingerprint density at radius 2 is 2.08 bits per heavy atom. The van der Waals surface area contributed by atoms with E-state index < -0.39 is 0 Å². The van der Waals surface area contributed by atoms with Crippen molar-refractivity contribution in [2.24, 2.45) is 0 Å². The highest BCUT2D eigenvalue weighted by Gasteiger charge is 2.11. The van der Waals surface area contributed by atoms with Crippen LogP contribution in [0.5, 0.6) is 0 Å². The quantitative estimate of drug-likeness (QED) is 0.666. The van der Waals surface area contributed by atoms with Gasteiger partial charge in [0.25, 0.3) is 0 Å². The molecule has 0 aromatic heterocycles. The van der Waals surface area contributed by atoms with Gasteiger partial charge in [0.1, 0.15) is 0 Å². The zero-order chi connectivity index (χ0) is 8.93. The van der Waals surface area contributed by atoms with Crippen LogP contribution >= 0.6 is 11.8 Å². The lowest BCUT2D eigenvalue weighted by molar-refractivity contribution is 0.250. The van der Waals surface area contributed by atoms with E-state index in [2.05, 4.69) is 22.5 Å². The molecule has 2 rings (SSSR count). The second-order valence-electron chi connectivity index (χ2n) is 3.73. The number of nitrogens with zero attached hydrogens (tertiary/aromatic N) is 1. The Bertz CT molecular complexity index is 214. The summed E-state index contributed by atoms with van der Waals surface area (Å²) >= 11 is 1.90. The minimum atomic E-state index is 1.14. The Balaban J connectivity index is 1.79. The summed E-state index contributed by atoms with van der Waals surface area (Å²) in [5, 5.41) is 2.22. The van der Waals surface area contributed by atoms with Crippen molar-refractivity contribution in [2.45, 2.75) is 25.7 Å². The van der Waals surface area contributed by atoms with Gasteiger partial charge in [0.05, 0.1) is 0 Å². The van der Waals surface area contributed by atoms with Crippen LogP contribution in [0.4, 0.5) is 0 Å². The van der Waals surface area contributed by atoms with E-state index in [4.69, 9.17) is 0 Å². The second-order valence-corrected chi connectivity index (χ2v) is 4.76. The summed E-state index contributed by atoms with van der Waals surface area (Å²) in [5.41, 5.74) is 0. The van der Waals surface area contributed by atoms with E-state index in [1.165, 1.54) is 38.9 Å². The van der Waals surface area contributed by atoms with Crippen LogP contribution in [0.15, 0.2) is 22.5 Å². The van der Waals surface area contributed by atoms with Gasteiger partial charge in [0, 0.05) is 6.54 Å². The Hall–Kier alpha value is -0.210. The molecular weight excluding hydrogens is 178 g/mol. The molecule has 0 amide bonds. The Morgan fingerprint density at radius 3 is 2.77 bits per heavy atom. The number of allylic oxidation sites excluding steroid dienone is 2. The van der Waals surface area contributed by atoms with Gasteiger partial charge in [-0.15, -0.1) is 11.8 Å². The van der Waals surface area contributed by atoms with Crippen molar-refractivity contribution >= 4 is 11.8 Å². The SMILES string of the molecule is C1=CSC(CN2CCCCC2)=CC1.